The van der Waals surface area contributed by atoms with Crippen LogP contribution < -0.4 is 5.32 Å². The van der Waals surface area contributed by atoms with Gasteiger partial charge in [0.1, 0.15) is 0 Å². The van der Waals surface area contributed by atoms with Crippen molar-refractivity contribution in [1.82, 2.24) is 10.2 Å². The molecular formula is C11H23F3N2. The van der Waals surface area contributed by atoms with Crippen molar-refractivity contribution in [2.45, 2.75) is 33.4 Å². The SMILES string of the molecule is CCN(CC(F)(F)F)CC(C)(CC)CNC. The smallest absolute Gasteiger partial charge is 0.319 e. The number of hydrogen-bond acceptors (Lipinski definition) is 2. The molecule has 0 aromatic heterocycles. The fourth-order valence-electron chi connectivity index (χ4n) is 1.79. The molecule has 0 aliphatic rings. The van der Waals surface area contributed by atoms with Crippen LogP contribution in [-0.2, 0) is 0 Å². The van der Waals surface area contributed by atoms with Crippen molar-refractivity contribution in [2.24, 2.45) is 5.41 Å². The summed E-state index contributed by atoms with van der Waals surface area (Å²) < 4.78 is 36.9. The second-order valence-corrected chi connectivity index (χ2v) is 4.61. The lowest BCUT2D eigenvalue weighted by Gasteiger charge is -2.34. The predicted octanol–water partition coefficient (Wildman–Crippen LogP) is 2.51. The first-order valence-electron chi connectivity index (χ1n) is 5.70. The highest BCUT2D eigenvalue weighted by atomic mass is 19.4. The van der Waals surface area contributed by atoms with Gasteiger partial charge in [0, 0.05) is 13.1 Å². The fourth-order valence-corrected chi connectivity index (χ4v) is 1.79. The molecule has 0 bridgehead atoms. The molecule has 5 heteroatoms. The number of rotatable bonds is 7. The van der Waals surface area contributed by atoms with Gasteiger partial charge in [0.2, 0.25) is 0 Å². The summed E-state index contributed by atoms with van der Waals surface area (Å²) in [4.78, 5) is 1.46. The molecule has 98 valence electrons. The van der Waals surface area contributed by atoms with E-state index in [9.17, 15) is 13.2 Å². The van der Waals surface area contributed by atoms with Crippen LogP contribution >= 0.6 is 0 Å². The number of nitrogens with one attached hydrogen (secondary N) is 1. The van der Waals surface area contributed by atoms with Crippen LogP contribution in [0.1, 0.15) is 27.2 Å². The third-order valence-corrected chi connectivity index (χ3v) is 2.91. The summed E-state index contributed by atoms with van der Waals surface area (Å²) in [5, 5.41) is 3.04. The fraction of sp³-hybridized carbons (Fsp3) is 1.00. The normalized spacial score (nSPS) is 16.5. The van der Waals surface area contributed by atoms with Gasteiger partial charge in [-0.25, -0.2) is 0 Å². The molecule has 2 nitrogen and oxygen atoms in total. The molecule has 0 saturated carbocycles. The van der Waals surface area contributed by atoms with Crippen LogP contribution in [0.25, 0.3) is 0 Å². The van der Waals surface area contributed by atoms with E-state index in [1.165, 1.54) is 4.90 Å². The molecule has 0 saturated heterocycles. The Bertz CT molecular complexity index is 194. The van der Waals surface area contributed by atoms with Crippen molar-refractivity contribution >= 4 is 0 Å². The van der Waals surface area contributed by atoms with Crippen molar-refractivity contribution in [3.63, 3.8) is 0 Å². The number of hydrogen-bond donors (Lipinski definition) is 1. The Morgan fingerprint density at radius 2 is 1.69 bits per heavy atom. The Morgan fingerprint density at radius 1 is 1.12 bits per heavy atom. The average molecular weight is 240 g/mol. The van der Waals surface area contributed by atoms with E-state index in [0.29, 0.717) is 13.1 Å². The van der Waals surface area contributed by atoms with Crippen LogP contribution in [0.2, 0.25) is 0 Å². The lowest BCUT2D eigenvalue weighted by Crippen LogP contribution is -2.44. The summed E-state index contributed by atoms with van der Waals surface area (Å²) in [5.74, 6) is 0. The van der Waals surface area contributed by atoms with E-state index in [-0.39, 0.29) is 5.41 Å². The third kappa shape index (κ3) is 6.33. The Hall–Kier alpha value is -0.290. The van der Waals surface area contributed by atoms with Crippen LogP contribution in [0.3, 0.4) is 0 Å². The molecule has 0 rings (SSSR count). The van der Waals surface area contributed by atoms with Gasteiger partial charge in [0.05, 0.1) is 6.54 Å². The highest BCUT2D eigenvalue weighted by molar-refractivity contribution is 4.79. The molecular weight excluding hydrogens is 217 g/mol. The van der Waals surface area contributed by atoms with E-state index in [2.05, 4.69) is 5.32 Å². The summed E-state index contributed by atoms with van der Waals surface area (Å²) in [6, 6.07) is 0. The average Bonchev–Trinajstić information content (AvgIpc) is 2.15. The summed E-state index contributed by atoms with van der Waals surface area (Å²) >= 11 is 0. The van der Waals surface area contributed by atoms with Crippen LogP contribution in [0.15, 0.2) is 0 Å². The van der Waals surface area contributed by atoms with Crippen molar-refractivity contribution in [3.05, 3.63) is 0 Å². The first kappa shape index (κ1) is 15.7. The zero-order valence-corrected chi connectivity index (χ0v) is 10.6. The molecule has 1 unspecified atom stereocenters. The van der Waals surface area contributed by atoms with Gasteiger partial charge in [-0.3, -0.25) is 4.90 Å². The van der Waals surface area contributed by atoms with Gasteiger partial charge in [0.15, 0.2) is 0 Å². The lowest BCUT2D eigenvalue weighted by molar-refractivity contribution is -0.148. The van der Waals surface area contributed by atoms with Gasteiger partial charge in [-0.1, -0.05) is 20.8 Å². The molecule has 0 aromatic rings. The Labute approximate surface area is 96.2 Å². The molecule has 0 radical (unpaired) electrons. The van der Waals surface area contributed by atoms with Gasteiger partial charge >= 0.3 is 6.18 Å². The minimum absolute atomic E-state index is 0.101. The van der Waals surface area contributed by atoms with Crippen LogP contribution in [0.5, 0.6) is 0 Å². The van der Waals surface area contributed by atoms with Crippen molar-refractivity contribution in [3.8, 4) is 0 Å². The van der Waals surface area contributed by atoms with Crippen LogP contribution in [0.4, 0.5) is 13.2 Å². The first-order valence-corrected chi connectivity index (χ1v) is 5.70. The molecule has 0 amide bonds. The number of alkyl halides is 3. The van der Waals surface area contributed by atoms with E-state index < -0.39 is 12.7 Å². The van der Waals surface area contributed by atoms with E-state index in [1.807, 2.05) is 20.9 Å². The maximum absolute atomic E-state index is 12.3. The summed E-state index contributed by atoms with van der Waals surface area (Å²) in [6.45, 7) is 6.61. The van der Waals surface area contributed by atoms with Gasteiger partial charge in [-0.05, 0) is 25.4 Å². The zero-order valence-electron chi connectivity index (χ0n) is 10.6. The lowest BCUT2D eigenvalue weighted by atomic mass is 9.87. The monoisotopic (exact) mass is 240 g/mol. The van der Waals surface area contributed by atoms with Crippen LogP contribution in [-0.4, -0.2) is 44.3 Å². The molecule has 16 heavy (non-hydrogen) atoms. The summed E-state index contributed by atoms with van der Waals surface area (Å²) in [7, 11) is 1.83. The number of nitrogens with zero attached hydrogens (tertiary/aromatic N) is 1. The van der Waals surface area contributed by atoms with E-state index in [0.717, 1.165) is 13.0 Å². The zero-order chi connectivity index (χ0) is 12.8. The molecule has 0 aromatic carbocycles. The van der Waals surface area contributed by atoms with Gasteiger partial charge in [-0.15, -0.1) is 0 Å². The number of halogens is 3. The molecule has 0 fully saturated rings. The molecule has 1 N–H and O–H groups in total. The van der Waals surface area contributed by atoms with Crippen LogP contribution in [0, 0.1) is 5.41 Å². The van der Waals surface area contributed by atoms with Gasteiger partial charge in [-0.2, -0.15) is 13.2 Å². The largest absolute Gasteiger partial charge is 0.401 e. The summed E-state index contributed by atoms with van der Waals surface area (Å²) in [5.41, 5.74) is -0.101. The highest BCUT2D eigenvalue weighted by Crippen LogP contribution is 2.24. The van der Waals surface area contributed by atoms with E-state index in [4.69, 9.17) is 0 Å². The van der Waals surface area contributed by atoms with Crippen molar-refractivity contribution in [1.29, 1.82) is 0 Å². The standard InChI is InChI=1S/C11H23F3N2/c1-5-10(3,7-15-4)8-16(6-2)9-11(12,13)14/h15H,5-9H2,1-4H3. The molecule has 0 aliphatic heterocycles. The van der Waals surface area contributed by atoms with Crippen molar-refractivity contribution in [2.75, 3.05) is 33.2 Å². The Balaban J connectivity index is 4.38. The highest BCUT2D eigenvalue weighted by Gasteiger charge is 2.33. The predicted molar refractivity (Wildman–Crippen MR) is 60.5 cm³/mol. The first-order chi connectivity index (χ1) is 7.26. The minimum atomic E-state index is -4.11. The van der Waals surface area contributed by atoms with Gasteiger partial charge < -0.3 is 5.32 Å². The Morgan fingerprint density at radius 3 is 2.00 bits per heavy atom. The second kappa shape index (κ2) is 6.45. The second-order valence-electron chi connectivity index (χ2n) is 4.61. The molecule has 0 heterocycles. The van der Waals surface area contributed by atoms with E-state index in [1.54, 1.807) is 6.92 Å². The maximum atomic E-state index is 12.3. The Kier molecular flexibility index (Phi) is 6.33. The third-order valence-electron chi connectivity index (χ3n) is 2.91. The van der Waals surface area contributed by atoms with Crippen molar-refractivity contribution < 1.29 is 13.2 Å². The molecule has 1 atom stereocenters. The van der Waals surface area contributed by atoms with E-state index >= 15 is 0 Å². The maximum Gasteiger partial charge on any atom is 0.401 e. The molecule has 0 aliphatic carbocycles. The van der Waals surface area contributed by atoms with Gasteiger partial charge in [0.25, 0.3) is 0 Å². The topological polar surface area (TPSA) is 15.3 Å². The quantitative estimate of drug-likeness (QED) is 0.735. The summed E-state index contributed by atoms with van der Waals surface area (Å²) in [6.07, 6.45) is -3.24. The minimum Gasteiger partial charge on any atom is -0.319 e. The molecule has 0 spiro atoms.